The summed E-state index contributed by atoms with van der Waals surface area (Å²) in [4.78, 5) is 7.94. The number of aromatic nitrogens is 1. The molecule has 6 heteroatoms. The molecule has 0 radical (unpaired) electrons. The fourth-order valence-electron chi connectivity index (χ4n) is 4.45. The van der Waals surface area contributed by atoms with E-state index in [-0.39, 0.29) is 6.04 Å². The summed E-state index contributed by atoms with van der Waals surface area (Å²) in [5.41, 5.74) is 2.79. The van der Waals surface area contributed by atoms with Gasteiger partial charge < -0.3 is 14.6 Å². The van der Waals surface area contributed by atoms with Crippen LogP contribution in [0.3, 0.4) is 0 Å². The van der Waals surface area contributed by atoms with Crippen molar-refractivity contribution in [1.82, 2.24) is 10.3 Å². The van der Waals surface area contributed by atoms with Crippen LogP contribution in [0.1, 0.15) is 57.9 Å². The van der Waals surface area contributed by atoms with Gasteiger partial charge in [-0.3, -0.25) is 0 Å². The first kappa shape index (κ1) is 23.1. The fraction of sp³-hybridized carbons (Fsp3) is 0.462. The molecule has 170 valence electrons. The Morgan fingerprint density at radius 2 is 1.84 bits per heavy atom. The standard InChI is InChI=1S/C26H32ClN3OS/c1-18(2)16-23(25(32)28-21-8-4-3-5-9-21)30(17-19-12-14-20(27)15-13-19)26-29-22-10-6-7-11-24(22)31-26/h6-7,10-15,18,21,23H,3-5,8-9,16-17H2,1-2H3,(H,28,32). The Morgan fingerprint density at radius 1 is 1.12 bits per heavy atom. The molecule has 2 aromatic carbocycles. The number of nitrogens with one attached hydrogen (secondary N) is 1. The third-order valence-electron chi connectivity index (χ3n) is 6.12. The van der Waals surface area contributed by atoms with Crippen molar-refractivity contribution in [2.45, 2.75) is 71.0 Å². The van der Waals surface area contributed by atoms with Crippen molar-refractivity contribution in [1.29, 1.82) is 0 Å². The Morgan fingerprint density at radius 3 is 2.53 bits per heavy atom. The summed E-state index contributed by atoms with van der Waals surface area (Å²) in [6, 6.07) is 16.9. The molecule has 1 aromatic heterocycles. The maximum Gasteiger partial charge on any atom is 0.299 e. The van der Waals surface area contributed by atoms with Gasteiger partial charge in [0.2, 0.25) is 0 Å². The Hall–Kier alpha value is -2.11. The summed E-state index contributed by atoms with van der Waals surface area (Å²) in [7, 11) is 0. The first-order valence-electron chi connectivity index (χ1n) is 11.7. The number of halogens is 1. The van der Waals surface area contributed by atoms with E-state index >= 15 is 0 Å². The van der Waals surface area contributed by atoms with Gasteiger partial charge in [0.25, 0.3) is 6.01 Å². The van der Waals surface area contributed by atoms with Crippen LogP contribution >= 0.6 is 23.8 Å². The molecule has 0 aliphatic heterocycles. The molecule has 0 spiro atoms. The van der Waals surface area contributed by atoms with Crippen LogP contribution in [0.15, 0.2) is 52.9 Å². The van der Waals surface area contributed by atoms with Crippen LogP contribution in [-0.2, 0) is 6.54 Å². The highest BCUT2D eigenvalue weighted by Crippen LogP contribution is 2.28. The van der Waals surface area contributed by atoms with E-state index in [1.807, 2.05) is 36.4 Å². The Balaban J connectivity index is 1.67. The minimum absolute atomic E-state index is 0.00401. The number of hydrogen-bond donors (Lipinski definition) is 1. The Kier molecular flexibility index (Phi) is 7.69. The van der Waals surface area contributed by atoms with Gasteiger partial charge in [-0.1, -0.05) is 81.2 Å². The molecule has 4 nitrogen and oxygen atoms in total. The SMILES string of the molecule is CC(C)CC(C(=S)NC1CCCCC1)N(Cc1ccc(Cl)cc1)c1nc2ccccc2o1. The van der Waals surface area contributed by atoms with Gasteiger partial charge in [0, 0.05) is 17.6 Å². The fourth-order valence-corrected chi connectivity index (χ4v) is 4.96. The van der Waals surface area contributed by atoms with Crippen molar-refractivity contribution in [3.8, 4) is 0 Å². The summed E-state index contributed by atoms with van der Waals surface area (Å²) in [6.07, 6.45) is 7.17. The summed E-state index contributed by atoms with van der Waals surface area (Å²) in [5.74, 6) is 0.475. The van der Waals surface area contributed by atoms with Crippen molar-refractivity contribution >= 4 is 45.9 Å². The summed E-state index contributed by atoms with van der Waals surface area (Å²) < 4.78 is 6.23. The van der Waals surface area contributed by atoms with Gasteiger partial charge in [-0.25, -0.2) is 0 Å². The van der Waals surface area contributed by atoms with E-state index in [0.717, 1.165) is 33.1 Å². The van der Waals surface area contributed by atoms with Gasteiger partial charge in [-0.2, -0.15) is 4.98 Å². The van der Waals surface area contributed by atoms with Gasteiger partial charge in [0.05, 0.1) is 11.0 Å². The van der Waals surface area contributed by atoms with Gasteiger partial charge in [-0.05, 0) is 55.0 Å². The molecule has 1 N–H and O–H groups in total. The number of para-hydroxylation sites is 2. The molecule has 0 amide bonds. The molecule has 1 fully saturated rings. The van der Waals surface area contributed by atoms with Gasteiger partial charge in [-0.15, -0.1) is 0 Å². The number of thiocarbonyl (C=S) groups is 1. The predicted octanol–water partition coefficient (Wildman–Crippen LogP) is 7.15. The van der Waals surface area contributed by atoms with Crippen molar-refractivity contribution in [3.63, 3.8) is 0 Å². The lowest BCUT2D eigenvalue weighted by atomic mass is 9.94. The van der Waals surface area contributed by atoms with Crippen LogP contribution < -0.4 is 10.2 Å². The average molecular weight is 470 g/mol. The van der Waals surface area contributed by atoms with Crippen LogP contribution in [0, 0.1) is 5.92 Å². The molecule has 1 aliphatic rings. The highest BCUT2D eigenvalue weighted by atomic mass is 35.5. The lowest BCUT2D eigenvalue weighted by Gasteiger charge is -2.35. The zero-order valence-electron chi connectivity index (χ0n) is 18.9. The lowest BCUT2D eigenvalue weighted by Crippen LogP contribution is -2.50. The molecule has 0 saturated heterocycles. The van der Waals surface area contributed by atoms with E-state index in [2.05, 4.69) is 36.2 Å². The molecule has 0 bridgehead atoms. The third kappa shape index (κ3) is 5.81. The smallest absolute Gasteiger partial charge is 0.299 e. The molecule has 1 saturated carbocycles. The molecule has 1 unspecified atom stereocenters. The van der Waals surface area contributed by atoms with Gasteiger partial charge in [0.15, 0.2) is 5.58 Å². The summed E-state index contributed by atoms with van der Waals surface area (Å²) in [5, 5.41) is 4.43. The zero-order valence-corrected chi connectivity index (χ0v) is 20.5. The number of rotatable bonds is 8. The van der Waals surface area contributed by atoms with Crippen LogP contribution in [0.25, 0.3) is 11.1 Å². The average Bonchev–Trinajstić information content (AvgIpc) is 3.22. The molecule has 1 heterocycles. The second-order valence-corrected chi connectivity index (χ2v) is 10.1. The minimum Gasteiger partial charge on any atom is -0.423 e. The molecule has 1 atom stereocenters. The molecule has 1 aliphatic carbocycles. The second kappa shape index (κ2) is 10.7. The van der Waals surface area contributed by atoms with E-state index in [0.29, 0.717) is 24.5 Å². The number of oxazole rings is 1. The highest BCUT2D eigenvalue weighted by molar-refractivity contribution is 7.80. The minimum atomic E-state index is -0.00401. The monoisotopic (exact) mass is 469 g/mol. The van der Waals surface area contributed by atoms with Crippen LogP contribution in [0.5, 0.6) is 0 Å². The topological polar surface area (TPSA) is 41.3 Å². The molecular formula is C26H32ClN3OS. The maximum atomic E-state index is 6.23. The van der Waals surface area contributed by atoms with Crippen LogP contribution in [-0.4, -0.2) is 22.1 Å². The molecular weight excluding hydrogens is 438 g/mol. The van der Waals surface area contributed by atoms with Crippen molar-refractivity contribution in [2.75, 3.05) is 4.90 Å². The largest absolute Gasteiger partial charge is 0.423 e. The van der Waals surface area contributed by atoms with E-state index in [4.69, 9.17) is 33.2 Å². The van der Waals surface area contributed by atoms with E-state index in [9.17, 15) is 0 Å². The molecule has 3 aromatic rings. The number of benzene rings is 2. The van der Waals surface area contributed by atoms with E-state index < -0.39 is 0 Å². The first-order chi connectivity index (χ1) is 15.5. The second-order valence-electron chi connectivity index (χ2n) is 9.21. The number of anilines is 1. The third-order valence-corrected chi connectivity index (χ3v) is 6.76. The van der Waals surface area contributed by atoms with Gasteiger partial charge in [0.1, 0.15) is 5.52 Å². The van der Waals surface area contributed by atoms with Crippen LogP contribution in [0.4, 0.5) is 6.01 Å². The van der Waals surface area contributed by atoms with E-state index in [1.54, 1.807) is 0 Å². The number of nitrogens with zero attached hydrogens (tertiary/aromatic N) is 2. The van der Waals surface area contributed by atoms with Crippen molar-refractivity contribution in [3.05, 3.63) is 59.1 Å². The van der Waals surface area contributed by atoms with Crippen molar-refractivity contribution in [2.24, 2.45) is 5.92 Å². The quantitative estimate of drug-likeness (QED) is 0.354. The first-order valence-corrected chi connectivity index (χ1v) is 12.5. The Labute approximate surface area is 201 Å². The Bertz CT molecular complexity index is 994. The maximum absolute atomic E-state index is 6.23. The zero-order chi connectivity index (χ0) is 22.5. The number of hydrogen-bond acceptors (Lipinski definition) is 4. The van der Waals surface area contributed by atoms with Crippen molar-refractivity contribution < 1.29 is 4.42 Å². The predicted molar refractivity (Wildman–Crippen MR) is 137 cm³/mol. The molecule has 32 heavy (non-hydrogen) atoms. The lowest BCUT2D eigenvalue weighted by molar-refractivity contribution is 0.406. The van der Waals surface area contributed by atoms with E-state index in [1.165, 1.54) is 32.1 Å². The van der Waals surface area contributed by atoms with Crippen LogP contribution in [0.2, 0.25) is 5.02 Å². The van der Waals surface area contributed by atoms with Gasteiger partial charge >= 0.3 is 0 Å². The summed E-state index contributed by atoms with van der Waals surface area (Å²) in [6.45, 7) is 5.12. The highest BCUT2D eigenvalue weighted by Gasteiger charge is 2.29. The number of fused-ring (bicyclic) bond motifs is 1. The molecule has 4 rings (SSSR count). The summed E-state index contributed by atoms with van der Waals surface area (Å²) >= 11 is 12.2. The normalized spacial score (nSPS) is 15.8.